The van der Waals surface area contributed by atoms with Crippen LogP contribution in [0.4, 0.5) is 11.5 Å². The average Bonchev–Trinajstić information content (AvgIpc) is 2.44. The van der Waals surface area contributed by atoms with Gasteiger partial charge in [0.1, 0.15) is 11.6 Å². The molecule has 0 aliphatic carbocycles. The van der Waals surface area contributed by atoms with E-state index in [-0.39, 0.29) is 5.75 Å². The summed E-state index contributed by atoms with van der Waals surface area (Å²) >= 11 is 0. The summed E-state index contributed by atoms with van der Waals surface area (Å²) in [5, 5.41) is 14.7. The summed E-state index contributed by atoms with van der Waals surface area (Å²) in [6.45, 7) is 0. The molecule has 0 unspecified atom stereocenters. The lowest BCUT2D eigenvalue weighted by atomic mass is 10.1. The molecule has 0 radical (unpaired) electrons. The second-order valence-corrected chi connectivity index (χ2v) is 4.03. The summed E-state index contributed by atoms with van der Waals surface area (Å²) in [4.78, 5) is 4.24. The van der Waals surface area contributed by atoms with Crippen LogP contribution in [0.25, 0.3) is 10.8 Å². The zero-order chi connectivity index (χ0) is 12.4. The van der Waals surface area contributed by atoms with Gasteiger partial charge in [-0.2, -0.15) is 0 Å². The Labute approximate surface area is 105 Å². The van der Waals surface area contributed by atoms with E-state index in [0.29, 0.717) is 0 Å². The monoisotopic (exact) mass is 236 g/mol. The van der Waals surface area contributed by atoms with Gasteiger partial charge in [-0.05, 0) is 12.1 Å². The molecule has 0 bridgehead atoms. The molecule has 3 aromatic rings. The zero-order valence-electron chi connectivity index (χ0n) is 9.67. The van der Waals surface area contributed by atoms with Gasteiger partial charge in [0, 0.05) is 16.5 Å². The van der Waals surface area contributed by atoms with Crippen LogP contribution in [0.5, 0.6) is 5.75 Å². The van der Waals surface area contributed by atoms with Gasteiger partial charge in [-0.25, -0.2) is 4.98 Å². The fourth-order valence-electron chi connectivity index (χ4n) is 1.94. The van der Waals surface area contributed by atoms with E-state index in [1.807, 2.05) is 54.6 Å². The van der Waals surface area contributed by atoms with Crippen molar-refractivity contribution in [2.75, 3.05) is 5.32 Å². The minimum absolute atomic E-state index is 0.198. The number of rotatable bonds is 2. The molecule has 3 nitrogen and oxygen atoms in total. The van der Waals surface area contributed by atoms with Crippen molar-refractivity contribution in [2.45, 2.75) is 0 Å². The van der Waals surface area contributed by atoms with Crippen LogP contribution >= 0.6 is 0 Å². The molecule has 0 fully saturated rings. The van der Waals surface area contributed by atoms with Gasteiger partial charge in [-0.15, -0.1) is 0 Å². The summed E-state index contributed by atoms with van der Waals surface area (Å²) in [5.74, 6) is 0.943. The van der Waals surface area contributed by atoms with E-state index in [4.69, 9.17) is 0 Å². The molecule has 0 saturated heterocycles. The number of hydrogen-bond acceptors (Lipinski definition) is 3. The Kier molecular flexibility index (Phi) is 2.57. The first kappa shape index (κ1) is 10.6. The minimum Gasteiger partial charge on any atom is -0.506 e. The molecule has 0 saturated carbocycles. The molecule has 18 heavy (non-hydrogen) atoms. The van der Waals surface area contributed by atoms with Gasteiger partial charge in [-0.3, -0.25) is 0 Å². The third-order valence-corrected chi connectivity index (χ3v) is 2.81. The maximum absolute atomic E-state index is 9.77. The van der Waals surface area contributed by atoms with Crippen molar-refractivity contribution >= 4 is 22.3 Å². The standard InChI is InChI=1S/C15H12N2O/c18-14-10-16-15(13-9-5-4-8-12(13)14)17-11-6-2-1-3-7-11/h1-10,18H,(H,16,17). The van der Waals surface area contributed by atoms with Crippen molar-refractivity contribution in [3.05, 3.63) is 60.8 Å². The van der Waals surface area contributed by atoms with E-state index < -0.39 is 0 Å². The van der Waals surface area contributed by atoms with E-state index in [1.165, 1.54) is 6.20 Å². The number of anilines is 2. The average molecular weight is 236 g/mol. The Morgan fingerprint density at radius 3 is 2.28 bits per heavy atom. The lowest BCUT2D eigenvalue weighted by Crippen LogP contribution is -1.94. The molecule has 2 N–H and O–H groups in total. The quantitative estimate of drug-likeness (QED) is 0.713. The van der Waals surface area contributed by atoms with E-state index >= 15 is 0 Å². The topological polar surface area (TPSA) is 45.2 Å². The first-order valence-electron chi connectivity index (χ1n) is 5.73. The molecule has 0 aliphatic rings. The van der Waals surface area contributed by atoms with Crippen LogP contribution in [0.15, 0.2) is 60.8 Å². The third kappa shape index (κ3) is 1.86. The molecule has 1 heterocycles. The minimum atomic E-state index is 0.198. The van der Waals surface area contributed by atoms with Crippen molar-refractivity contribution in [1.82, 2.24) is 4.98 Å². The summed E-state index contributed by atoms with van der Waals surface area (Å²) in [6, 6.07) is 17.5. The van der Waals surface area contributed by atoms with Gasteiger partial charge in [0.25, 0.3) is 0 Å². The molecule has 0 amide bonds. The second kappa shape index (κ2) is 4.37. The highest BCUT2D eigenvalue weighted by atomic mass is 16.3. The lowest BCUT2D eigenvalue weighted by molar-refractivity contribution is 0.479. The second-order valence-electron chi connectivity index (χ2n) is 4.03. The van der Waals surface area contributed by atoms with Crippen LogP contribution in [0.3, 0.4) is 0 Å². The molecule has 1 aromatic heterocycles. The maximum Gasteiger partial charge on any atom is 0.141 e. The molecular weight excluding hydrogens is 224 g/mol. The maximum atomic E-state index is 9.77. The first-order valence-corrected chi connectivity index (χ1v) is 5.73. The van der Waals surface area contributed by atoms with E-state index in [0.717, 1.165) is 22.3 Å². The summed E-state index contributed by atoms with van der Waals surface area (Å²) in [7, 11) is 0. The van der Waals surface area contributed by atoms with Gasteiger partial charge in [0.2, 0.25) is 0 Å². The van der Waals surface area contributed by atoms with Gasteiger partial charge < -0.3 is 10.4 Å². The largest absolute Gasteiger partial charge is 0.506 e. The molecule has 0 atom stereocenters. The molecule has 2 aromatic carbocycles. The fraction of sp³-hybridized carbons (Fsp3) is 0. The number of hydrogen-bond donors (Lipinski definition) is 2. The van der Waals surface area contributed by atoms with E-state index in [2.05, 4.69) is 10.3 Å². The zero-order valence-corrected chi connectivity index (χ0v) is 9.67. The Morgan fingerprint density at radius 2 is 1.50 bits per heavy atom. The molecule has 0 aliphatic heterocycles. The van der Waals surface area contributed by atoms with Crippen LogP contribution in [-0.4, -0.2) is 10.1 Å². The van der Waals surface area contributed by atoms with Gasteiger partial charge in [0.05, 0.1) is 6.20 Å². The normalized spacial score (nSPS) is 10.4. The number of nitrogens with zero attached hydrogens (tertiary/aromatic N) is 1. The highest BCUT2D eigenvalue weighted by Gasteiger charge is 2.05. The van der Waals surface area contributed by atoms with Gasteiger partial charge in [-0.1, -0.05) is 42.5 Å². The van der Waals surface area contributed by atoms with Crippen LogP contribution in [-0.2, 0) is 0 Å². The Bertz CT molecular complexity index is 680. The number of aromatic hydroxyl groups is 1. The van der Waals surface area contributed by atoms with Gasteiger partial charge >= 0.3 is 0 Å². The van der Waals surface area contributed by atoms with Gasteiger partial charge in [0.15, 0.2) is 0 Å². The number of aromatic nitrogens is 1. The van der Waals surface area contributed by atoms with Crippen LogP contribution in [0, 0.1) is 0 Å². The van der Waals surface area contributed by atoms with Crippen LogP contribution < -0.4 is 5.32 Å². The van der Waals surface area contributed by atoms with Crippen molar-refractivity contribution in [2.24, 2.45) is 0 Å². The number of para-hydroxylation sites is 1. The van der Waals surface area contributed by atoms with Crippen LogP contribution in [0.1, 0.15) is 0 Å². The SMILES string of the molecule is Oc1cnc(Nc2ccccc2)c2ccccc12. The van der Waals surface area contributed by atoms with Crippen molar-refractivity contribution in [3.8, 4) is 5.75 Å². The summed E-state index contributed by atoms with van der Waals surface area (Å²) < 4.78 is 0. The summed E-state index contributed by atoms with van der Waals surface area (Å²) in [5.41, 5.74) is 0.973. The van der Waals surface area contributed by atoms with Crippen molar-refractivity contribution in [3.63, 3.8) is 0 Å². The number of pyridine rings is 1. The third-order valence-electron chi connectivity index (χ3n) is 2.81. The van der Waals surface area contributed by atoms with E-state index in [9.17, 15) is 5.11 Å². The fourth-order valence-corrected chi connectivity index (χ4v) is 1.94. The number of fused-ring (bicyclic) bond motifs is 1. The highest BCUT2D eigenvalue weighted by Crippen LogP contribution is 2.29. The lowest BCUT2D eigenvalue weighted by Gasteiger charge is -2.09. The predicted octanol–water partition coefficient (Wildman–Crippen LogP) is 3.68. The molecular formula is C15H12N2O. The van der Waals surface area contributed by atoms with E-state index in [1.54, 1.807) is 0 Å². The van der Waals surface area contributed by atoms with Crippen LogP contribution in [0.2, 0.25) is 0 Å². The predicted molar refractivity (Wildman–Crippen MR) is 73.1 cm³/mol. The van der Waals surface area contributed by atoms with Crippen molar-refractivity contribution < 1.29 is 5.11 Å². The number of benzene rings is 2. The van der Waals surface area contributed by atoms with Crippen molar-refractivity contribution in [1.29, 1.82) is 0 Å². The summed E-state index contributed by atoms with van der Waals surface area (Å²) in [6.07, 6.45) is 1.47. The first-order chi connectivity index (χ1) is 8.84. The number of nitrogens with one attached hydrogen (secondary N) is 1. The molecule has 0 spiro atoms. The highest BCUT2D eigenvalue weighted by molar-refractivity contribution is 5.96. The molecule has 3 rings (SSSR count). The molecule has 88 valence electrons. The Hall–Kier alpha value is -2.55. The molecule has 3 heteroatoms. The Balaban J connectivity index is 2.10. The smallest absolute Gasteiger partial charge is 0.141 e. The Morgan fingerprint density at radius 1 is 0.833 bits per heavy atom.